The second-order valence-corrected chi connectivity index (χ2v) is 11.3. The lowest BCUT2D eigenvalue weighted by Crippen LogP contribution is -2.51. The predicted octanol–water partition coefficient (Wildman–Crippen LogP) is 4.38. The monoisotopic (exact) mass is 521 g/mol. The molecule has 1 N–H and O–H groups in total. The summed E-state index contributed by atoms with van der Waals surface area (Å²) < 4.78 is 28.5. The molecule has 7 nitrogen and oxygen atoms in total. The maximum absolute atomic E-state index is 13.8. The Bertz CT molecular complexity index is 1280. The van der Waals surface area contributed by atoms with Gasteiger partial charge in [0.05, 0.1) is 10.6 Å². The molecule has 0 unspecified atom stereocenters. The fraction of sp³-hybridized carbons (Fsp3) is 0.310. The van der Waals surface area contributed by atoms with Crippen LogP contribution in [0.25, 0.3) is 0 Å². The molecule has 0 saturated carbocycles. The van der Waals surface area contributed by atoms with Gasteiger partial charge in [-0.05, 0) is 49.6 Å². The summed E-state index contributed by atoms with van der Waals surface area (Å²) in [6.07, 6.45) is 0. The van der Waals surface area contributed by atoms with Gasteiger partial charge in [0.25, 0.3) is 10.0 Å². The number of rotatable bonds is 11. The van der Waals surface area contributed by atoms with Crippen LogP contribution in [0.3, 0.4) is 0 Å². The van der Waals surface area contributed by atoms with Crippen LogP contribution < -0.4 is 9.62 Å². The van der Waals surface area contributed by atoms with Crippen LogP contribution in [-0.4, -0.2) is 44.3 Å². The van der Waals surface area contributed by atoms with Gasteiger partial charge in [0.15, 0.2) is 0 Å². The summed E-state index contributed by atoms with van der Waals surface area (Å²) in [5, 5.41) is 2.88. The molecule has 196 valence electrons. The summed E-state index contributed by atoms with van der Waals surface area (Å²) in [5.41, 5.74) is 2.14. The molecule has 3 aromatic rings. The number of sulfonamides is 1. The van der Waals surface area contributed by atoms with Crippen LogP contribution in [0.2, 0.25) is 0 Å². The van der Waals surface area contributed by atoms with Crippen molar-refractivity contribution in [1.82, 2.24) is 10.2 Å². The first kappa shape index (κ1) is 27.9. The average molecular weight is 522 g/mol. The quantitative estimate of drug-likeness (QED) is 0.406. The number of hydrogen-bond acceptors (Lipinski definition) is 4. The normalized spacial score (nSPS) is 12.1. The summed E-state index contributed by atoms with van der Waals surface area (Å²) in [5.74, 6) is -0.510. The smallest absolute Gasteiger partial charge is 0.264 e. The highest BCUT2D eigenvalue weighted by Gasteiger charge is 2.32. The highest BCUT2D eigenvalue weighted by molar-refractivity contribution is 7.92. The van der Waals surface area contributed by atoms with Crippen LogP contribution in [0.1, 0.15) is 31.9 Å². The molecule has 37 heavy (non-hydrogen) atoms. The van der Waals surface area contributed by atoms with E-state index >= 15 is 0 Å². The number of benzene rings is 3. The van der Waals surface area contributed by atoms with E-state index in [4.69, 9.17) is 0 Å². The van der Waals surface area contributed by atoms with E-state index in [1.165, 1.54) is 17.0 Å². The van der Waals surface area contributed by atoms with Crippen molar-refractivity contribution >= 4 is 27.5 Å². The van der Waals surface area contributed by atoms with Gasteiger partial charge in [0.1, 0.15) is 12.6 Å². The Morgan fingerprint density at radius 1 is 0.838 bits per heavy atom. The maximum Gasteiger partial charge on any atom is 0.264 e. The van der Waals surface area contributed by atoms with Gasteiger partial charge in [-0.25, -0.2) is 8.42 Å². The van der Waals surface area contributed by atoms with Gasteiger partial charge in [0.2, 0.25) is 11.8 Å². The Morgan fingerprint density at radius 2 is 1.41 bits per heavy atom. The summed E-state index contributed by atoms with van der Waals surface area (Å²) in [6.45, 7) is 7.73. The second-order valence-electron chi connectivity index (χ2n) is 9.48. The van der Waals surface area contributed by atoms with Gasteiger partial charge in [-0.1, -0.05) is 80.1 Å². The van der Waals surface area contributed by atoms with Crippen molar-refractivity contribution in [3.63, 3.8) is 0 Å². The minimum absolute atomic E-state index is 0.0899. The molecule has 0 aliphatic carbocycles. The molecule has 0 fully saturated rings. The third-order valence-electron chi connectivity index (χ3n) is 5.98. The van der Waals surface area contributed by atoms with E-state index in [0.717, 1.165) is 15.4 Å². The first-order chi connectivity index (χ1) is 17.6. The molecule has 0 aliphatic rings. The minimum Gasteiger partial charge on any atom is -0.354 e. The summed E-state index contributed by atoms with van der Waals surface area (Å²) in [4.78, 5) is 28.3. The number of anilines is 1. The van der Waals surface area contributed by atoms with E-state index in [1.54, 1.807) is 49.4 Å². The molecule has 0 heterocycles. The van der Waals surface area contributed by atoms with Crippen molar-refractivity contribution in [2.45, 2.75) is 45.2 Å². The van der Waals surface area contributed by atoms with Crippen LogP contribution in [0, 0.1) is 12.8 Å². The number of nitrogens with zero attached hydrogens (tertiary/aromatic N) is 2. The Hall–Kier alpha value is -3.65. The summed E-state index contributed by atoms with van der Waals surface area (Å²) in [7, 11) is -4.05. The van der Waals surface area contributed by atoms with E-state index in [1.807, 2.05) is 51.1 Å². The molecule has 0 saturated heterocycles. The fourth-order valence-corrected chi connectivity index (χ4v) is 5.19. The van der Waals surface area contributed by atoms with Crippen molar-refractivity contribution in [2.24, 2.45) is 5.92 Å². The summed E-state index contributed by atoms with van der Waals surface area (Å²) in [6, 6.07) is 23.6. The van der Waals surface area contributed by atoms with Crippen LogP contribution in [0.4, 0.5) is 5.69 Å². The lowest BCUT2D eigenvalue weighted by molar-refractivity contribution is -0.139. The van der Waals surface area contributed by atoms with E-state index in [-0.39, 0.29) is 23.3 Å². The zero-order chi connectivity index (χ0) is 27.0. The predicted molar refractivity (Wildman–Crippen MR) is 146 cm³/mol. The van der Waals surface area contributed by atoms with E-state index < -0.39 is 28.5 Å². The zero-order valence-electron chi connectivity index (χ0n) is 21.8. The Morgan fingerprint density at radius 3 is 1.97 bits per heavy atom. The highest BCUT2D eigenvalue weighted by atomic mass is 32.2. The average Bonchev–Trinajstić information content (AvgIpc) is 2.89. The van der Waals surface area contributed by atoms with Crippen molar-refractivity contribution in [3.8, 4) is 0 Å². The van der Waals surface area contributed by atoms with Crippen LogP contribution >= 0.6 is 0 Å². The molecule has 0 bridgehead atoms. The molecule has 2 amide bonds. The van der Waals surface area contributed by atoms with Gasteiger partial charge in [-0.15, -0.1) is 0 Å². The van der Waals surface area contributed by atoms with E-state index in [0.29, 0.717) is 12.2 Å². The van der Waals surface area contributed by atoms with Gasteiger partial charge in [0, 0.05) is 13.1 Å². The Labute approximate surface area is 220 Å². The first-order valence-corrected chi connectivity index (χ1v) is 13.8. The fourth-order valence-electron chi connectivity index (χ4n) is 3.78. The number of para-hydroxylation sites is 1. The molecule has 3 aromatic carbocycles. The third kappa shape index (κ3) is 7.43. The van der Waals surface area contributed by atoms with Gasteiger partial charge in [-0.3, -0.25) is 13.9 Å². The Balaban J connectivity index is 1.97. The number of aryl methyl sites for hydroxylation is 1. The first-order valence-electron chi connectivity index (χ1n) is 12.3. The molecular weight excluding hydrogens is 486 g/mol. The van der Waals surface area contributed by atoms with Gasteiger partial charge < -0.3 is 10.2 Å². The van der Waals surface area contributed by atoms with E-state index in [9.17, 15) is 18.0 Å². The minimum atomic E-state index is -4.05. The van der Waals surface area contributed by atoms with Crippen molar-refractivity contribution < 1.29 is 18.0 Å². The summed E-state index contributed by atoms with van der Waals surface area (Å²) >= 11 is 0. The van der Waals surface area contributed by atoms with Gasteiger partial charge >= 0.3 is 0 Å². The molecular formula is C29H35N3O4S. The maximum atomic E-state index is 13.8. The van der Waals surface area contributed by atoms with Crippen molar-refractivity contribution in [1.29, 1.82) is 0 Å². The van der Waals surface area contributed by atoms with Crippen molar-refractivity contribution in [2.75, 3.05) is 17.4 Å². The largest absolute Gasteiger partial charge is 0.354 e. The lowest BCUT2D eigenvalue weighted by Gasteiger charge is -2.32. The lowest BCUT2D eigenvalue weighted by atomic mass is 10.1. The number of carbonyl (C=O) groups excluding carboxylic acids is 2. The number of carbonyl (C=O) groups is 2. The Kier molecular flexibility index (Phi) is 9.47. The number of amides is 2. The zero-order valence-corrected chi connectivity index (χ0v) is 22.6. The number of hydrogen-bond donors (Lipinski definition) is 1. The standard InChI is InChI=1S/C29H35N3O4S/c1-22(2)19-30-29(34)24(4)31(20-25-11-7-5-8-12-25)28(33)21-32(26-13-9-6-10-14-26)37(35,36)27-17-15-23(3)16-18-27/h5-18,22,24H,19-21H2,1-4H3,(H,30,34)/t24-/m0/s1. The molecule has 0 aliphatic heterocycles. The van der Waals surface area contributed by atoms with Gasteiger partial charge in [-0.2, -0.15) is 0 Å². The highest BCUT2D eigenvalue weighted by Crippen LogP contribution is 2.24. The molecule has 1 atom stereocenters. The molecule has 3 rings (SSSR count). The number of nitrogens with one attached hydrogen (secondary N) is 1. The van der Waals surface area contributed by atoms with Crippen LogP contribution in [0.15, 0.2) is 89.8 Å². The molecule has 0 spiro atoms. The van der Waals surface area contributed by atoms with Crippen molar-refractivity contribution in [3.05, 3.63) is 96.1 Å². The SMILES string of the molecule is Cc1ccc(S(=O)(=O)N(CC(=O)N(Cc2ccccc2)[C@@H](C)C(=O)NCC(C)C)c2ccccc2)cc1. The third-order valence-corrected chi connectivity index (χ3v) is 7.77. The van der Waals surface area contributed by atoms with Crippen LogP contribution in [-0.2, 0) is 26.2 Å². The molecule has 8 heteroatoms. The topological polar surface area (TPSA) is 86.8 Å². The van der Waals surface area contributed by atoms with E-state index in [2.05, 4.69) is 5.32 Å². The molecule has 0 radical (unpaired) electrons. The second kappa shape index (κ2) is 12.5. The van der Waals surface area contributed by atoms with Crippen LogP contribution in [0.5, 0.6) is 0 Å². The molecule has 0 aromatic heterocycles.